The number of halogens is 1. The van der Waals surface area contributed by atoms with Gasteiger partial charge in [0.1, 0.15) is 0 Å². The third-order valence-electron chi connectivity index (χ3n) is 2.14. The first-order valence-corrected chi connectivity index (χ1v) is 6.08. The summed E-state index contributed by atoms with van der Waals surface area (Å²) < 4.78 is 37.7. The lowest BCUT2D eigenvalue weighted by atomic mass is 10.3. The summed E-state index contributed by atoms with van der Waals surface area (Å²) in [6, 6.07) is 2.34. The number of terminal acetylenes is 1. The molecule has 0 spiro atoms. The van der Waals surface area contributed by atoms with Gasteiger partial charge < -0.3 is 0 Å². The number of nitro benzene ring substituents is 1. The first-order chi connectivity index (χ1) is 8.30. The standard InChI is InChI=1S/C10H9FN2O4S/c1-3-6-12(2)18(16,17)8-4-5-9(11)10(7-8)13(14)15/h1,4-5,7H,6H2,2H3. The Hall–Kier alpha value is -1.98. The zero-order chi connectivity index (χ0) is 13.9. The molecule has 0 aliphatic carbocycles. The third kappa shape index (κ3) is 2.64. The van der Waals surface area contributed by atoms with Crippen LogP contribution in [0.5, 0.6) is 0 Å². The molecule has 1 aromatic carbocycles. The van der Waals surface area contributed by atoms with Crippen molar-refractivity contribution in [3.63, 3.8) is 0 Å². The molecule has 1 aromatic rings. The summed E-state index contributed by atoms with van der Waals surface area (Å²) in [6.07, 6.45) is 4.98. The maximum Gasteiger partial charge on any atom is 0.306 e. The van der Waals surface area contributed by atoms with Gasteiger partial charge in [-0.1, -0.05) is 5.92 Å². The van der Waals surface area contributed by atoms with Crippen molar-refractivity contribution in [2.45, 2.75) is 4.90 Å². The van der Waals surface area contributed by atoms with Gasteiger partial charge in [-0.15, -0.1) is 6.42 Å². The van der Waals surface area contributed by atoms with E-state index in [0.29, 0.717) is 6.07 Å². The van der Waals surface area contributed by atoms with Crippen LogP contribution in [0.3, 0.4) is 0 Å². The van der Waals surface area contributed by atoms with Crippen LogP contribution in [-0.2, 0) is 10.0 Å². The summed E-state index contributed by atoms with van der Waals surface area (Å²) in [4.78, 5) is 9.15. The molecule has 96 valence electrons. The second-order valence-electron chi connectivity index (χ2n) is 3.34. The van der Waals surface area contributed by atoms with Gasteiger partial charge in [0.2, 0.25) is 15.8 Å². The molecule has 0 fully saturated rings. The average molecular weight is 272 g/mol. The van der Waals surface area contributed by atoms with Crippen molar-refractivity contribution in [1.29, 1.82) is 0 Å². The predicted molar refractivity (Wildman–Crippen MR) is 61.7 cm³/mol. The van der Waals surface area contributed by atoms with Crippen molar-refractivity contribution in [3.8, 4) is 12.3 Å². The largest absolute Gasteiger partial charge is 0.306 e. The Labute approximate surface area is 103 Å². The first kappa shape index (κ1) is 14.1. The van der Waals surface area contributed by atoms with Crippen LogP contribution in [-0.4, -0.2) is 31.2 Å². The van der Waals surface area contributed by atoms with Crippen molar-refractivity contribution in [3.05, 3.63) is 34.1 Å². The Balaban J connectivity index is 3.31. The molecule has 0 bridgehead atoms. The molecule has 0 aromatic heterocycles. The molecular weight excluding hydrogens is 263 g/mol. The molecule has 6 nitrogen and oxygen atoms in total. The quantitative estimate of drug-likeness (QED) is 0.465. The molecule has 0 saturated heterocycles. The van der Waals surface area contributed by atoms with Crippen molar-refractivity contribution in [2.75, 3.05) is 13.6 Å². The van der Waals surface area contributed by atoms with E-state index in [1.807, 2.05) is 0 Å². The van der Waals surface area contributed by atoms with Crippen LogP contribution in [0.2, 0.25) is 0 Å². The Morgan fingerprint density at radius 2 is 2.17 bits per heavy atom. The van der Waals surface area contributed by atoms with E-state index in [9.17, 15) is 22.9 Å². The fraction of sp³-hybridized carbons (Fsp3) is 0.200. The third-order valence-corrected chi connectivity index (χ3v) is 3.94. The average Bonchev–Trinajstić information content (AvgIpc) is 2.29. The summed E-state index contributed by atoms with van der Waals surface area (Å²) in [7, 11) is -2.73. The number of benzene rings is 1. The highest BCUT2D eigenvalue weighted by atomic mass is 32.2. The lowest BCUT2D eigenvalue weighted by molar-refractivity contribution is -0.387. The molecule has 0 N–H and O–H groups in total. The van der Waals surface area contributed by atoms with Crippen LogP contribution < -0.4 is 0 Å². The fourth-order valence-corrected chi connectivity index (χ4v) is 2.29. The van der Waals surface area contributed by atoms with Gasteiger partial charge in [0.15, 0.2) is 0 Å². The van der Waals surface area contributed by atoms with Crippen molar-refractivity contribution in [2.24, 2.45) is 0 Å². The number of nitrogens with zero attached hydrogens (tertiary/aromatic N) is 2. The fourth-order valence-electron chi connectivity index (χ4n) is 1.19. The Bertz CT molecular complexity index is 621. The van der Waals surface area contributed by atoms with Gasteiger partial charge in [0.25, 0.3) is 0 Å². The highest BCUT2D eigenvalue weighted by Crippen LogP contribution is 2.23. The minimum atomic E-state index is -3.95. The van der Waals surface area contributed by atoms with E-state index in [-0.39, 0.29) is 11.4 Å². The van der Waals surface area contributed by atoms with Gasteiger partial charge >= 0.3 is 5.69 Å². The maximum absolute atomic E-state index is 13.1. The van der Waals surface area contributed by atoms with E-state index >= 15 is 0 Å². The van der Waals surface area contributed by atoms with Crippen LogP contribution >= 0.6 is 0 Å². The smallest absolute Gasteiger partial charge is 0.258 e. The maximum atomic E-state index is 13.1. The molecule has 18 heavy (non-hydrogen) atoms. The Kier molecular flexibility index (Phi) is 4.00. The zero-order valence-electron chi connectivity index (χ0n) is 9.33. The van der Waals surface area contributed by atoms with E-state index < -0.39 is 26.5 Å². The molecule has 0 heterocycles. The van der Waals surface area contributed by atoms with Gasteiger partial charge in [-0.3, -0.25) is 10.1 Å². The van der Waals surface area contributed by atoms with Gasteiger partial charge in [-0.2, -0.15) is 8.70 Å². The minimum Gasteiger partial charge on any atom is -0.258 e. The van der Waals surface area contributed by atoms with Gasteiger partial charge in [-0.25, -0.2) is 8.42 Å². The summed E-state index contributed by atoms with van der Waals surface area (Å²) in [5, 5.41) is 10.5. The topological polar surface area (TPSA) is 80.5 Å². The molecule has 0 aliphatic heterocycles. The van der Waals surface area contributed by atoms with Crippen LogP contribution in [0.15, 0.2) is 23.1 Å². The van der Waals surface area contributed by atoms with Crippen LogP contribution in [0, 0.1) is 28.3 Å². The summed E-state index contributed by atoms with van der Waals surface area (Å²) in [5.74, 6) is 1.03. The highest BCUT2D eigenvalue weighted by Gasteiger charge is 2.24. The Morgan fingerprint density at radius 3 is 2.67 bits per heavy atom. The number of rotatable bonds is 4. The van der Waals surface area contributed by atoms with E-state index in [2.05, 4.69) is 5.92 Å². The molecule has 0 radical (unpaired) electrons. The molecule has 8 heteroatoms. The molecule has 0 unspecified atom stereocenters. The van der Waals surface area contributed by atoms with Gasteiger partial charge in [0, 0.05) is 13.1 Å². The van der Waals surface area contributed by atoms with E-state index in [1.165, 1.54) is 7.05 Å². The number of hydrogen-bond donors (Lipinski definition) is 0. The van der Waals surface area contributed by atoms with E-state index in [0.717, 1.165) is 16.4 Å². The summed E-state index contributed by atoms with van der Waals surface area (Å²) in [5.41, 5.74) is -0.898. The second kappa shape index (κ2) is 5.12. The van der Waals surface area contributed by atoms with Gasteiger partial charge in [-0.05, 0) is 12.1 Å². The van der Waals surface area contributed by atoms with Crippen molar-refractivity contribution < 1.29 is 17.7 Å². The molecule has 1 rings (SSSR count). The van der Waals surface area contributed by atoms with Crippen molar-refractivity contribution >= 4 is 15.7 Å². The summed E-state index contributed by atoms with van der Waals surface area (Å²) in [6.45, 7) is -0.187. The van der Waals surface area contributed by atoms with Gasteiger partial charge in [0.05, 0.1) is 16.4 Å². The lowest BCUT2D eigenvalue weighted by Gasteiger charge is -2.13. The van der Waals surface area contributed by atoms with Crippen LogP contribution in [0.25, 0.3) is 0 Å². The zero-order valence-corrected chi connectivity index (χ0v) is 10.1. The van der Waals surface area contributed by atoms with Crippen molar-refractivity contribution in [1.82, 2.24) is 4.31 Å². The number of sulfonamides is 1. The van der Waals surface area contributed by atoms with Crippen LogP contribution in [0.4, 0.5) is 10.1 Å². The summed E-state index contributed by atoms with van der Waals surface area (Å²) >= 11 is 0. The monoisotopic (exact) mass is 272 g/mol. The predicted octanol–water partition coefficient (Wildman–Crippen LogP) is 0.988. The van der Waals surface area contributed by atoms with E-state index in [1.54, 1.807) is 0 Å². The molecule has 0 saturated carbocycles. The molecular formula is C10H9FN2O4S. The minimum absolute atomic E-state index is 0.187. The molecule has 0 aliphatic rings. The highest BCUT2D eigenvalue weighted by molar-refractivity contribution is 7.89. The second-order valence-corrected chi connectivity index (χ2v) is 5.38. The molecule has 0 atom stereocenters. The van der Waals surface area contributed by atoms with Crippen LogP contribution in [0.1, 0.15) is 0 Å². The normalized spacial score (nSPS) is 11.2. The number of nitro groups is 1. The number of hydrogen-bond acceptors (Lipinski definition) is 4. The Morgan fingerprint density at radius 1 is 1.56 bits per heavy atom. The van der Waals surface area contributed by atoms with E-state index in [4.69, 9.17) is 6.42 Å². The lowest BCUT2D eigenvalue weighted by Crippen LogP contribution is -2.27. The SMILES string of the molecule is C#CCN(C)S(=O)(=O)c1ccc(F)c([N+](=O)[O-])c1. The molecule has 0 amide bonds. The first-order valence-electron chi connectivity index (χ1n) is 4.64.